The summed E-state index contributed by atoms with van der Waals surface area (Å²) in [5.41, 5.74) is 1.07. The van der Waals surface area contributed by atoms with Crippen LogP contribution in [0.2, 0.25) is 5.15 Å². The average molecular weight is 284 g/mol. The van der Waals surface area contributed by atoms with Gasteiger partial charge in [-0.25, -0.2) is 9.78 Å². The van der Waals surface area contributed by atoms with Crippen LogP contribution < -0.4 is 4.74 Å². The van der Waals surface area contributed by atoms with Crippen molar-refractivity contribution in [2.45, 2.75) is 0 Å². The highest BCUT2D eigenvalue weighted by molar-refractivity contribution is 6.30. The van der Waals surface area contributed by atoms with Crippen molar-refractivity contribution >= 4 is 28.5 Å². The Balaban J connectivity index is 2.03. The number of fused-ring (bicyclic) bond motifs is 1. The quantitative estimate of drug-likeness (QED) is 0.404. The first-order valence-electron chi connectivity index (χ1n) is 6.06. The molecule has 0 aliphatic rings. The minimum absolute atomic E-state index is 0.267. The number of hydrogen-bond acceptors (Lipinski definition) is 3. The van der Waals surface area contributed by atoms with Crippen molar-refractivity contribution in [1.29, 1.82) is 0 Å². The van der Waals surface area contributed by atoms with Gasteiger partial charge in [0.2, 0.25) is 0 Å². The second-order valence-corrected chi connectivity index (χ2v) is 4.60. The summed E-state index contributed by atoms with van der Waals surface area (Å²) in [7, 11) is 0. The maximum absolute atomic E-state index is 12.3. The van der Waals surface area contributed by atoms with Gasteiger partial charge in [0, 0.05) is 5.39 Å². The molecule has 98 valence electrons. The molecular formula is C16H10ClNO2. The molecule has 0 N–H and O–H groups in total. The lowest BCUT2D eigenvalue weighted by Crippen LogP contribution is -2.09. The van der Waals surface area contributed by atoms with Crippen LogP contribution in [0.4, 0.5) is 0 Å². The zero-order valence-electron chi connectivity index (χ0n) is 10.4. The Labute approximate surface area is 120 Å². The molecule has 0 saturated carbocycles. The van der Waals surface area contributed by atoms with Crippen LogP contribution in [0, 0.1) is 0 Å². The van der Waals surface area contributed by atoms with Gasteiger partial charge in [0.1, 0.15) is 10.9 Å². The third-order valence-electron chi connectivity index (χ3n) is 2.86. The van der Waals surface area contributed by atoms with E-state index in [0.717, 1.165) is 5.39 Å². The van der Waals surface area contributed by atoms with Crippen LogP contribution in [0.3, 0.4) is 0 Å². The molecule has 0 atom stereocenters. The molecule has 0 aliphatic carbocycles. The number of aromatic nitrogens is 1. The number of hydrogen-bond donors (Lipinski definition) is 0. The van der Waals surface area contributed by atoms with Gasteiger partial charge in [-0.05, 0) is 24.3 Å². The summed E-state index contributed by atoms with van der Waals surface area (Å²) >= 11 is 5.95. The molecule has 3 nitrogen and oxygen atoms in total. The van der Waals surface area contributed by atoms with E-state index in [2.05, 4.69) is 4.98 Å². The van der Waals surface area contributed by atoms with Crippen LogP contribution in [0.25, 0.3) is 10.9 Å². The Bertz CT molecular complexity index is 772. The fraction of sp³-hybridized carbons (Fsp3) is 0. The number of ether oxygens (including phenoxy) is 1. The van der Waals surface area contributed by atoms with Gasteiger partial charge in [-0.1, -0.05) is 48.0 Å². The predicted octanol–water partition coefficient (Wildman–Crippen LogP) is 4.11. The molecule has 0 radical (unpaired) electrons. The normalized spacial score (nSPS) is 10.4. The van der Waals surface area contributed by atoms with Crippen LogP contribution in [-0.4, -0.2) is 11.0 Å². The van der Waals surface area contributed by atoms with E-state index in [9.17, 15) is 4.79 Å². The van der Waals surface area contributed by atoms with Gasteiger partial charge in [-0.15, -0.1) is 0 Å². The minimum atomic E-state index is -0.447. The standard InChI is InChI=1S/C16H10ClNO2/c17-15-10-13(12-8-4-5-9-14(12)18-15)16(19)20-11-6-2-1-3-7-11/h1-10H. The monoisotopic (exact) mass is 283 g/mol. The first-order valence-corrected chi connectivity index (χ1v) is 6.44. The maximum Gasteiger partial charge on any atom is 0.344 e. The third-order valence-corrected chi connectivity index (χ3v) is 3.05. The molecule has 0 saturated heterocycles. The highest BCUT2D eigenvalue weighted by atomic mass is 35.5. The molecule has 0 spiro atoms. The summed E-state index contributed by atoms with van der Waals surface area (Å²) in [6.07, 6.45) is 0. The number of carbonyl (C=O) groups is 1. The fourth-order valence-electron chi connectivity index (χ4n) is 1.96. The van der Waals surface area contributed by atoms with Crippen LogP contribution in [-0.2, 0) is 0 Å². The largest absolute Gasteiger partial charge is 0.423 e. The van der Waals surface area contributed by atoms with Gasteiger partial charge in [0.15, 0.2) is 0 Å². The predicted molar refractivity (Wildman–Crippen MR) is 78.2 cm³/mol. The summed E-state index contributed by atoms with van der Waals surface area (Å²) < 4.78 is 5.34. The molecule has 20 heavy (non-hydrogen) atoms. The van der Waals surface area contributed by atoms with Gasteiger partial charge in [-0.3, -0.25) is 0 Å². The number of para-hydroxylation sites is 2. The Hall–Kier alpha value is -2.39. The zero-order valence-corrected chi connectivity index (χ0v) is 11.2. The van der Waals surface area contributed by atoms with Crippen molar-refractivity contribution in [3.05, 3.63) is 71.4 Å². The fourth-order valence-corrected chi connectivity index (χ4v) is 2.16. The van der Waals surface area contributed by atoms with Crippen molar-refractivity contribution in [2.75, 3.05) is 0 Å². The van der Waals surface area contributed by atoms with Crippen LogP contribution in [0.5, 0.6) is 5.75 Å². The van der Waals surface area contributed by atoms with Crippen LogP contribution in [0.15, 0.2) is 60.7 Å². The van der Waals surface area contributed by atoms with Gasteiger partial charge in [0.05, 0.1) is 11.1 Å². The molecule has 4 heteroatoms. The highest BCUT2D eigenvalue weighted by Gasteiger charge is 2.14. The Morgan fingerprint density at radius 1 is 1.00 bits per heavy atom. The Morgan fingerprint density at radius 2 is 1.70 bits per heavy atom. The van der Waals surface area contributed by atoms with Crippen molar-refractivity contribution in [3.8, 4) is 5.75 Å². The van der Waals surface area contributed by atoms with Crippen LogP contribution >= 0.6 is 11.6 Å². The second-order valence-electron chi connectivity index (χ2n) is 4.21. The molecule has 1 aromatic heterocycles. The molecule has 0 bridgehead atoms. The van der Waals surface area contributed by atoms with Crippen LogP contribution in [0.1, 0.15) is 10.4 Å². The number of pyridine rings is 1. The van der Waals surface area contributed by atoms with E-state index in [1.165, 1.54) is 6.07 Å². The number of benzene rings is 2. The molecular weight excluding hydrogens is 274 g/mol. The summed E-state index contributed by atoms with van der Waals surface area (Å²) in [6, 6.07) is 17.8. The SMILES string of the molecule is O=C(Oc1ccccc1)c1cc(Cl)nc2ccccc12. The van der Waals surface area contributed by atoms with Gasteiger partial charge < -0.3 is 4.74 Å². The molecule has 3 rings (SSSR count). The first kappa shape index (κ1) is 12.6. The van der Waals surface area contributed by atoms with E-state index in [-0.39, 0.29) is 5.15 Å². The minimum Gasteiger partial charge on any atom is -0.423 e. The Morgan fingerprint density at radius 3 is 2.50 bits per heavy atom. The maximum atomic E-state index is 12.3. The van der Waals surface area contributed by atoms with Gasteiger partial charge >= 0.3 is 5.97 Å². The molecule has 0 unspecified atom stereocenters. The van der Waals surface area contributed by atoms with Crippen molar-refractivity contribution < 1.29 is 9.53 Å². The highest BCUT2D eigenvalue weighted by Crippen LogP contribution is 2.22. The van der Waals surface area contributed by atoms with Crippen molar-refractivity contribution in [2.24, 2.45) is 0 Å². The lowest BCUT2D eigenvalue weighted by Gasteiger charge is -2.07. The van der Waals surface area contributed by atoms with E-state index in [4.69, 9.17) is 16.3 Å². The molecule has 1 heterocycles. The molecule has 0 amide bonds. The van der Waals surface area contributed by atoms with E-state index in [1.54, 1.807) is 30.3 Å². The molecule has 3 aromatic rings. The van der Waals surface area contributed by atoms with Gasteiger partial charge in [-0.2, -0.15) is 0 Å². The first-order chi connectivity index (χ1) is 9.74. The number of carbonyl (C=O) groups excluding carboxylic acids is 1. The second kappa shape index (κ2) is 5.31. The van der Waals surface area contributed by atoms with E-state index in [1.807, 2.05) is 24.3 Å². The topological polar surface area (TPSA) is 39.2 Å². The number of nitrogens with zero attached hydrogens (tertiary/aromatic N) is 1. The van der Waals surface area contributed by atoms with Crippen molar-refractivity contribution in [1.82, 2.24) is 4.98 Å². The lowest BCUT2D eigenvalue weighted by molar-refractivity contribution is 0.0737. The average Bonchev–Trinajstić information content (AvgIpc) is 2.47. The van der Waals surface area contributed by atoms with E-state index < -0.39 is 5.97 Å². The molecule has 2 aromatic carbocycles. The Kier molecular flexibility index (Phi) is 3.35. The third kappa shape index (κ3) is 2.49. The van der Waals surface area contributed by atoms with Crippen molar-refractivity contribution in [3.63, 3.8) is 0 Å². The number of esters is 1. The van der Waals surface area contributed by atoms with Gasteiger partial charge in [0.25, 0.3) is 0 Å². The summed E-state index contributed by atoms with van der Waals surface area (Å²) in [6.45, 7) is 0. The molecule has 0 fully saturated rings. The number of rotatable bonds is 2. The lowest BCUT2D eigenvalue weighted by atomic mass is 10.1. The smallest absolute Gasteiger partial charge is 0.344 e. The number of halogens is 1. The molecule has 0 aliphatic heterocycles. The van der Waals surface area contributed by atoms with E-state index >= 15 is 0 Å². The summed E-state index contributed by atoms with van der Waals surface area (Å²) in [5.74, 6) is 0.0474. The summed E-state index contributed by atoms with van der Waals surface area (Å²) in [5, 5.41) is 0.988. The van der Waals surface area contributed by atoms with E-state index in [0.29, 0.717) is 16.8 Å². The summed E-state index contributed by atoms with van der Waals surface area (Å²) in [4.78, 5) is 16.5. The zero-order chi connectivity index (χ0) is 13.9.